The van der Waals surface area contributed by atoms with Gasteiger partial charge < -0.3 is 19.3 Å². The number of urea groups is 1. The Bertz CT molecular complexity index is 523. The lowest BCUT2D eigenvalue weighted by atomic mass is 9.77. The van der Waals surface area contributed by atoms with Gasteiger partial charge in [0.1, 0.15) is 5.75 Å². The van der Waals surface area contributed by atoms with Gasteiger partial charge in [0, 0.05) is 40.0 Å². The Kier molecular flexibility index (Phi) is 4.20. The number of aromatic nitrogens is 1. The number of hydrogen-bond donors (Lipinski definition) is 0. The molecule has 2 saturated heterocycles. The molecule has 6 heteroatoms. The zero-order valence-electron chi connectivity index (χ0n) is 13.2. The highest BCUT2D eigenvalue weighted by Gasteiger charge is 2.49. The molecule has 0 bridgehead atoms. The Morgan fingerprint density at radius 2 is 2.45 bits per heavy atom. The zero-order chi connectivity index (χ0) is 15.6. The van der Waals surface area contributed by atoms with Crippen molar-refractivity contribution in [2.24, 2.45) is 5.41 Å². The number of carbonyl (C=O) groups excluding carboxylic acids is 1. The number of piperidine rings is 1. The van der Waals surface area contributed by atoms with Crippen LogP contribution in [-0.2, 0) is 4.74 Å². The molecular formula is C16H23N3O3. The minimum absolute atomic E-state index is 0.0612. The van der Waals surface area contributed by atoms with E-state index in [1.807, 2.05) is 17.0 Å². The van der Waals surface area contributed by atoms with Gasteiger partial charge in [-0.1, -0.05) is 0 Å². The number of rotatable bonds is 3. The lowest BCUT2D eigenvalue weighted by molar-refractivity contribution is -0.0303. The lowest BCUT2D eigenvalue weighted by Gasteiger charge is -2.43. The van der Waals surface area contributed by atoms with Crippen LogP contribution in [0, 0.1) is 5.41 Å². The van der Waals surface area contributed by atoms with Crippen molar-refractivity contribution in [2.75, 3.05) is 40.4 Å². The summed E-state index contributed by atoms with van der Waals surface area (Å²) in [5, 5.41) is 0. The molecule has 0 saturated carbocycles. The first-order valence-corrected chi connectivity index (χ1v) is 7.71. The van der Waals surface area contributed by atoms with Crippen LogP contribution < -0.4 is 4.74 Å². The van der Waals surface area contributed by atoms with E-state index < -0.39 is 0 Å². The van der Waals surface area contributed by atoms with Crippen LogP contribution in [0.2, 0.25) is 0 Å². The van der Waals surface area contributed by atoms with Crippen LogP contribution >= 0.6 is 0 Å². The van der Waals surface area contributed by atoms with Crippen molar-refractivity contribution in [1.82, 2.24) is 14.8 Å². The Morgan fingerprint density at radius 3 is 3.18 bits per heavy atom. The van der Waals surface area contributed by atoms with Crippen LogP contribution in [0.15, 0.2) is 24.5 Å². The van der Waals surface area contributed by atoms with Crippen LogP contribution in [0.3, 0.4) is 0 Å². The summed E-state index contributed by atoms with van der Waals surface area (Å²) in [5.41, 5.74) is -0.111. The number of nitrogens with zero attached hydrogens (tertiary/aromatic N) is 3. The third-order valence-corrected chi connectivity index (χ3v) is 4.58. The van der Waals surface area contributed by atoms with Crippen molar-refractivity contribution < 1.29 is 14.3 Å². The number of ether oxygens (including phenoxy) is 2. The Labute approximate surface area is 131 Å². The molecule has 0 aliphatic carbocycles. The number of pyridine rings is 1. The highest BCUT2D eigenvalue weighted by Crippen LogP contribution is 2.41. The van der Waals surface area contributed by atoms with Gasteiger partial charge in [-0.25, -0.2) is 4.79 Å². The molecule has 3 heterocycles. The summed E-state index contributed by atoms with van der Waals surface area (Å²) in [6.45, 7) is 2.73. The highest BCUT2D eigenvalue weighted by molar-refractivity contribution is 5.74. The fourth-order valence-corrected chi connectivity index (χ4v) is 3.36. The Balaban J connectivity index is 1.71. The van der Waals surface area contributed by atoms with Gasteiger partial charge in [0.05, 0.1) is 24.3 Å². The number of hydrogen-bond acceptors (Lipinski definition) is 4. The SMILES string of the molecule is CN(C)C(=O)N1CC[C@@H]2OCC[C@]2(COc2cccnc2)C1. The molecule has 0 N–H and O–H groups in total. The van der Waals surface area contributed by atoms with Gasteiger partial charge in [-0.15, -0.1) is 0 Å². The molecule has 2 amide bonds. The molecule has 0 aromatic carbocycles. The molecule has 6 nitrogen and oxygen atoms in total. The van der Waals surface area contributed by atoms with Crippen LogP contribution in [0.5, 0.6) is 5.75 Å². The third-order valence-electron chi connectivity index (χ3n) is 4.58. The maximum atomic E-state index is 12.3. The highest BCUT2D eigenvalue weighted by atomic mass is 16.5. The number of fused-ring (bicyclic) bond motifs is 1. The third kappa shape index (κ3) is 2.88. The minimum atomic E-state index is -0.111. The van der Waals surface area contributed by atoms with E-state index in [0.717, 1.165) is 31.7 Å². The summed E-state index contributed by atoms with van der Waals surface area (Å²) in [4.78, 5) is 19.9. The minimum Gasteiger partial charge on any atom is -0.491 e. The van der Waals surface area contributed by atoms with E-state index in [2.05, 4.69) is 4.98 Å². The summed E-state index contributed by atoms with van der Waals surface area (Å²) in [7, 11) is 3.58. The van der Waals surface area contributed by atoms with Gasteiger partial charge in [0.2, 0.25) is 0 Å². The van der Waals surface area contributed by atoms with Gasteiger partial charge in [-0.3, -0.25) is 4.98 Å². The quantitative estimate of drug-likeness (QED) is 0.851. The Hall–Kier alpha value is -1.82. The molecule has 0 radical (unpaired) electrons. The molecule has 2 aliphatic rings. The molecule has 22 heavy (non-hydrogen) atoms. The van der Waals surface area contributed by atoms with Crippen LogP contribution in [0.4, 0.5) is 4.79 Å². The molecule has 1 aromatic rings. The van der Waals surface area contributed by atoms with Crippen LogP contribution in [0.25, 0.3) is 0 Å². The first-order valence-electron chi connectivity index (χ1n) is 7.71. The Morgan fingerprint density at radius 1 is 1.59 bits per heavy atom. The van der Waals surface area contributed by atoms with Gasteiger partial charge in [-0.2, -0.15) is 0 Å². The molecule has 2 atom stereocenters. The molecule has 1 aromatic heterocycles. The van der Waals surface area contributed by atoms with Gasteiger partial charge >= 0.3 is 6.03 Å². The summed E-state index contributed by atoms with van der Waals surface area (Å²) in [5.74, 6) is 0.763. The maximum Gasteiger partial charge on any atom is 0.319 e. The van der Waals surface area contributed by atoms with E-state index in [1.54, 1.807) is 31.4 Å². The summed E-state index contributed by atoms with van der Waals surface area (Å²) in [6, 6.07) is 3.82. The number of likely N-dealkylation sites (tertiary alicyclic amines) is 1. The van der Waals surface area contributed by atoms with Crippen molar-refractivity contribution in [3.05, 3.63) is 24.5 Å². The lowest BCUT2D eigenvalue weighted by Crippen LogP contribution is -2.55. The second-order valence-electron chi connectivity index (χ2n) is 6.34. The molecule has 3 rings (SSSR count). The van der Waals surface area contributed by atoms with Crippen molar-refractivity contribution in [3.63, 3.8) is 0 Å². The van der Waals surface area contributed by atoms with E-state index in [9.17, 15) is 4.79 Å². The number of amides is 2. The average Bonchev–Trinajstić information content (AvgIpc) is 2.96. The normalized spacial score (nSPS) is 27.4. The summed E-state index contributed by atoms with van der Waals surface area (Å²) in [6.07, 6.45) is 5.42. The van der Waals surface area contributed by atoms with Crippen molar-refractivity contribution in [3.8, 4) is 5.75 Å². The molecule has 0 spiro atoms. The predicted octanol–water partition coefficient (Wildman–Crippen LogP) is 1.62. The molecule has 2 aliphatic heterocycles. The predicted molar refractivity (Wildman–Crippen MR) is 81.8 cm³/mol. The van der Waals surface area contributed by atoms with Crippen LogP contribution in [-0.4, -0.2) is 67.3 Å². The molecule has 120 valence electrons. The van der Waals surface area contributed by atoms with Crippen molar-refractivity contribution >= 4 is 6.03 Å². The second-order valence-corrected chi connectivity index (χ2v) is 6.34. The summed E-state index contributed by atoms with van der Waals surface area (Å²) < 4.78 is 11.8. The monoisotopic (exact) mass is 305 g/mol. The fraction of sp³-hybridized carbons (Fsp3) is 0.625. The maximum absolute atomic E-state index is 12.3. The average molecular weight is 305 g/mol. The first-order chi connectivity index (χ1) is 10.6. The van der Waals surface area contributed by atoms with Crippen molar-refractivity contribution in [2.45, 2.75) is 18.9 Å². The summed E-state index contributed by atoms with van der Waals surface area (Å²) >= 11 is 0. The number of carbonyl (C=O) groups is 1. The standard InChI is InChI=1S/C16H23N3O3/c1-18(2)15(20)19-8-5-14-16(11-19,6-9-21-14)12-22-13-4-3-7-17-10-13/h3-4,7,10,14H,5-6,8-9,11-12H2,1-2H3/t14-,16+/m0/s1. The van der Waals surface area contributed by atoms with Gasteiger partial charge in [-0.05, 0) is 25.0 Å². The topological polar surface area (TPSA) is 54.9 Å². The van der Waals surface area contributed by atoms with Gasteiger partial charge in [0.15, 0.2) is 0 Å². The molecular weight excluding hydrogens is 282 g/mol. The fourth-order valence-electron chi connectivity index (χ4n) is 3.36. The van der Waals surface area contributed by atoms with Crippen LogP contribution in [0.1, 0.15) is 12.8 Å². The van der Waals surface area contributed by atoms with E-state index >= 15 is 0 Å². The zero-order valence-corrected chi connectivity index (χ0v) is 13.2. The van der Waals surface area contributed by atoms with E-state index in [-0.39, 0.29) is 17.6 Å². The van der Waals surface area contributed by atoms with E-state index in [1.165, 1.54) is 0 Å². The smallest absolute Gasteiger partial charge is 0.319 e. The van der Waals surface area contributed by atoms with Crippen molar-refractivity contribution in [1.29, 1.82) is 0 Å². The van der Waals surface area contributed by atoms with E-state index in [0.29, 0.717) is 13.2 Å². The molecule has 2 fully saturated rings. The second kappa shape index (κ2) is 6.12. The van der Waals surface area contributed by atoms with Gasteiger partial charge in [0.25, 0.3) is 0 Å². The first kappa shape index (κ1) is 15.1. The largest absolute Gasteiger partial charge is 0.491 e. The van der Waals surface area contributed by atoms with E-state index in [4.69, 9.17) is 9.47 Å². The molecule has 0 unspecified atom stereocenters.